The molecule has 2 aliphatic heterocycles. The van der Waals surface area contributed by atoms with Crippen molar-refractivity contribution in [1.29, 1.82) is 0 Å². The number of thioether (sulfide) groups is 1. The molecule has 0 aromatic carbocycles. The van der Waals surface area contributed by atoms with Gasteiger partial charge in [-0.3, -0.25) is 14.9 Å². The number of nitrogens with one attached hydrogen (secondary N) is 1. The van der Waals surface area contributed by atoms with E-state index >= 15 is 0 Å². The number of carbonyl (C=O) groups excluding carboxylic acids is 1. The van der Waals surface area contributed by atoms with Gasteiger partial charge >= 0.3 is 5.97 Å². The Morgan fingerprint density at radius 1 is 1.50 bits per heavy atom. The third kappa shape index (κ3) is 2.17. The van der Waals surface area contributed by atoms with Gasteiger partial charge in [0.2, 0.25) is 5.91 Å². The third-order valence-electron chi connectivity index (χ3n) is 3.33. The minimum Gasteiger partial charge on any atom is -0.481 e. The lowest BCUT2D eigenvalue weighted by Crippen LogP contribution is -2.57. The molecule has 0 aromatic rings. The van der Waals surface area contributed by atoms with Gasteiger partial charge in [-0.1, -0.05) is 6.92 Å². The summed E-state index contributed by atoms with van der Waals surface area (Å²) in [6.45, 7) is 2.89. The van der Waals surface area contributed by atoms with Crippen LogP contribution in [0.3, 0.4) is 0 Å². The van der Waals surface area contributed by atoms with Crippen LogP contribution < -0.4 is 5.32 Å². The van der Waals surface area contributed by atoms with Crippen molar-refractivity contribution in [3.8, 4) is 0 Å². The number of carboxylic acid groups (broad SMARTS) is 1. The standard InChI is InChI=1S/C10H16N2O3S/c1-6(10(14)15)7-2-12(3-7)9(13)8-4-16-5-11-8/h6-8,11H,2-5H2,1H3,(H,14,15). The predicted molar refractivity (Wildman–Crippen MR) is 61.1 cm³/mol. The van der Waals surface area contributed by atoms with Crippen LogP contribution in [-0.2, 0) is 9.59 Å². The van der Waals surface area contributed by atoms with Crippen molar-refractivity contribution in [1.82, 2.24) is 10.2 Å². The van der Waals surface area contributed by atoms with E-state index in [0.29, 0.717) is 13.1 Å². The molecule has 6 heteroatoms. The van der Waals surface area contributed by atoms with Gasteiger partial charge in [0.05, 0.1) is 12.0 Å². The maximum Gasteiger partial charge on any atom is 0.306 e. The SMILES string of the molecule is CC(C(=O)O)C1CN(C(=O)C2CSCN2)C1. The molecule has 0 aromatic heterocycles. The van der Waals surface area contributed by atoms with Gasteiger partial charge in [-0.2, -0.15) is 0 Å². The van der Waals surface area contributed by atoms with E-state index < -0.39 is 5.97 Å². The summed E-state index contributed by atoms with van der Waals surface area (Å²) in [4.78, 5) is 24.4. The molecule has 2 aliphatic rings. The number of hydrogen-bond donors (Lipinski definition) is 2. The summed E-state index contributed by atoms with van der Waals surface area (Å²) in [7, 11) is 0. The first-order valence-corrected chi connectivity index (χ1v) is 6.57. The fourth-order valence-corrected chi connectivity index (χ4v) is 2.92. The minimum absolute atomic E-state index is 0.0638. The van der Waals surface area contributed by atoms with Crippen LogP contribution in [0.25, 0.3) is 0 Å². The van der Waals surface area contributed by atoms with Crippen LogP contribution in [0.5, 0.6) is 0 Å². The number of amides is 1. The molecule has 2 fully saturated rings. The Labute approximate surface area is 98.6 Å². The van der Waals surface area contributed by atoms with E-state index in [0.717, 1.165) is 11.6 Å². The highest BCUT2D eigenvalue weighted by atomic mass is 32.2. The summed E-state index contributed by atoms with van der Waals surface area (Å²) >= 11 is 1.72. The van der Waals surface area contributed by atoms with E-state index in [2.05, 4.69) is 5.32 Å². The van der Waals surface area contributed by atoms with Gasteiger partial charge in [-0.05, 0) is 0 Å². The molecule has 0 aliphatic carbocycles. The number of rotatable bonds is 3. The molecule has 0 saturated carbocycles. The lowest BCUT2D eigenvalue weighted by Gasteiger charge is -2.42. The van der Waals surface area contributed by atoms with Crippen LogP contribution >= 0.6 is 11.8 Å². The summed E-state index contributed by atoms with van der Waals surface area (Å²) in [6.07, 6.45) is 0. The Morgan fingerprint density at radius 2 is 2.19 bits per heavy atom. The number of nitrogens with zero attached hydrogens (tertiary/aromatic N) is 1. The molecule has 0 radical (unpaired) electrons. The first-order valence-electron chi connectivity index (χ1n) is 5.42. The topological polar surface area (TPSA) is 69.6 Å². The van der Waals surface area contributed by atoms with Gasteiger partial charge in [0.15, 0.2) is 0 Å². The molecular weight excluding hydrogens is 228 g/mol. The molecule has 2 atom stereocenters. The van der Waals surface area contributed by atoms with Crippen LogP contribution in [0, 0.1) is 11.8 Å². The van der Waals surface area contributed by atoms with Crippen molar-refractivity contribution in [2.75, 3.05) is 24.7 Å². The van der Waals surface area contributed by atoms with Crippen molar-refractivity contribution < 1.29 is 14.7 Å². The van der Waals surface area contributed by atoms with Crippen LogP contribution in [0.1, 0.15) is 6.92 Å². The monoisotopic (exact) mass is 244 g/mol. The number of hydrogen-bond acceptors (Lipinski definition) is 4. The molecule has 0 bridgehead atoms. The van der Waals surface area contributed by atoms with Crippen molar-refractivity contribution >= 4 is 23.6 Å². The van der Waals surface area contributed by atoms with E-state index in [1.165, 1.54) is 0 Å². The van der Waals surface area contributed by atoms with Crippen molar-refractivity contribution in [3.05, 3.63) is 0 Å². The number of likely N-dealkylation sites (tertiary alicyclic amines) is 1. The van der Waals surface area contributed by atoms with E-state index in [9.17, 15) is 9.59 Å². The quantitative estimate of drug-likeness (QED) is 0.721. The summed E-state index contributed by atoms with van der Waals surface area (Å²) in [5, 5.41) is 12.0. The molecule has 5 nitrogen and oxygen atoms in total. The Hall–Kier alpha value is -0.750. The molecule has 1 amide bonds. The molecule has 2 N–H and O–H groups in total. The van der Waals surface area contributed by atoms with Gasteiger partial charge in [0, 0.05) is 30.6 Å². The second kappa shape index (κ2) is 4.63. The lowest BCUT2D eigenvalue weighted by atomic mass is 9.87. The Balaban J connectivity index is 1.79. The second-order valence-corrected chi connectivity index (χ2v) is 5.43. The fraction of sp³-hybridized carbons (Fsp3) is 0.800. The highest BCUT2D eigenvalue weighted by Gasteiger charge is 2.39. The molecule has 16 heavy (non-hydrogen) atoms. The summed E-state index contributed by atoms with van der Waals surface area (Å²) < 4.78 is 0. The maximum absolute atomic E-state index is 11.9. The van der Waals surface area contributed by atoms with Gasteiger partial charge in [0.25, 0.3) is 0 Å². The van der Waals surface area contributed by atoms with Crippen molar-refractivity contribution in [2.45, 2.75) is 13.0 Å². The largest absolute Gasteiger partial charge is 0.481 e. The highest BCUT2D eigenvalue weighted by molar-refractivity contribution is 7.99. The Morgan fingerprint density at radius 3 is 2.69 bits per heavy atom. The molecule has 2 saturated heterocycles. The Bertz CT molecular complexity index is 298. The van der Waals surface area contributed by atoms with Crippen LogP contribution in [-0.4, -0.2) is 52.6 Å². The number of carboxylic acids is 1. The number of aliphatic carboxylic acids is 1. The van der Waals surface area contributed by atoms with Gasteiger partial charge < -0.3 is 10.0 Å². The van der Waals surface area contributed by atoms with E-state index in [-0.39, 0.29) is 23.8 Å². The average molecular weight is 244 g/mol. The number of carbonyl (C=O) groups is 2. The first kappa shape index (κ1) is 11.7. The Kier molecular flexibility index (Phi) is 3.39. The predicted octanol–water partition coefficient (Wildman–Crippen LogP) is -0.172. The van der Waals surface area contributed by atoms with Crippen molar-refractivity contribution in [3.63, 3.8) is 0 Å². The molecule has 2 unspecified atom stereocenters. The first-order chi connectivity index (χ1) is 7.59. The van der Waals surface area contributed by atoms with Crippen LogP contribution in [0.4, 0.5) is 0 Å². The van der Waals surface area contributed by atoms with E-state index in [1.807, 2.05) is 0 Å². The molecule has 0 spiro atoms. The molecule has 90 valence electrons. The summed E-state index contributed by atoms with van der Waals surface area (Å²) in [5.74, 6) is 0.782. The zero-order chi connectivity index (χ0) is 11.7. The minimum atomic E-state index is -0.772. The maximum atomic E-state index is 11.9. The zero-order valence-electron chi connectivity index (χ0n) is 9.18. The van der Waals surface area contributed by atoms with Crippen LogP contribution in [0.15, 0.2) is 0 Å². The van der Waals surface area contributed by atoms with E-state index in [1.54, 1.807) is 23.6 Å². The fourth-order valence-electron chi connectivity index (χ4n) is 1.98. The van der Waals surface area contributed by atoms with Gasteiger partial charge in [-0.25, -0.2) is 0 Å². The third-order valence-corrected chi connectivity index (χ3v) is 4.27. The second-order valence-electron chi connectivity index (χ2n) is 4.40. The van der Waals surface area contributed by atoms with Gasteiger partial charge in [-0.15, -0.1) is 11.8 Å². The van der Waals surface area contributed by atoms with Gasteiger partial charge in [0.1, 0.15) is 0 Å². The van der Waals surface area contributed by atoms with E-state index in [4.69, 9.17) is 5.11 Å². The zero-order valence-corrected chi connectivity index (χ0v) is 10.00. The highest BCUT2D eigenvalue weighted by Crippen LogP contribution is 2.25. The summed E-state index contributed by atoms with van der Waals surface area (Å²) in [6, 6.07) is -0.0638. The normalized spacial score (nSPS) is 27.6. The van der Waals surface area contributed by atoms with Crippen LogP contribution in [0.2, 0.25) is 0 Å². The molecule has 2 heterocycles. The lowest BCUT2D eigenvalue weighted by molar-refractivity contribution is -0.151. The summed E-state index contributed by atoms with van der Waals surface area (Å²) in [5.41, 5.74) is 0. The average Bonchev–Trinajstić information content (AvgIpc) is 2.67. The molecular formula is C10H16N2O3S. The smallest absolute Gasteiger partial charge is 0.306 e. The van der Waals surface area contributed by atoms with Crippen molar-refractivity contribution in [2.24, 2.45) is 11.8 Å². The molecule has 2 rings (SSSR count).